The molecule has 1 aliphatic carbocycles. The van der Waals surface area contributed by atoms with E-state index in [0.717, 1.165) is 22.3 Å². The van der Waals surface area contributed by atoms with E-state index >= 15 is 0 Å². The number of aromatic hydroxyl groups is 1. The molecular weight excluding hydrogens is 520 g/mol. The molecule has 0 spiro atoms. The average molecular weight is 561 g/mol. The van der Waals surface area contributed by atoms with Gasteiger partial charge < -0.3 is 30.7 Å². The number of aliphatic hydroxyl groups is 2. The highest BCUT2D eigenvalue weighted by atomic mass is 16.6. The molecule has 2 amide bonds. The van der Waals surface area contributed by atoms with Crippen LogP contribution in [-0.4, -0.2) is 51.2 Å². The fourth-order valence-electron chi connectivity index (χ4n) is 5.28. The second-order valence-electron chi connectivity index (χ2n) is 11.8. The van der Waals surface area contributed by atoms with Gasteiger partial charge in [-0.15, -0.1) is 0 Å². The fraction of sp³-hybridized carbons (Fsp3) is 0.394. The minimum atomic E-state index is -1.10. The first kappa shape index (κ1) is 30.1. The number of carbonyl (C=O) groups is 2. The van der Waals surface area contributed by atoms with Crippen molar-refractivity contribution in [2.24, 2.45) is 5.92 Å². The van der Waals surface area contributed by atoms with Gasteiger partial charge in [0.2, 0.25) is 5.91 Å². The van der Waals surface area contributed by atoms with Gasteiger partial charge in [0.1, 0.15) is 11.4 Å². The molecule has 4 rings (SSSR count). The zero-order valence-electron chi connectivity index (χ0n) is 23.8. The van der Waals surface area contributed by atoms with Crippen LogP contribution in [0.25, 0.3) is 0 Å². The molecule has 0 heterocycles. The first-order valence-electron chi connectivity index (χ1n) is 14.0. The van der Waals surface area contributed by atoms with Crippen molar-refractivity contribution in [1.82, 2.24) is 10.6 Å². The summed E-state index contributed by atoms with van der Waals surface area (Å²) in [5, 5.41) is 37.7. The Morgan fingerprint density at radius 2 is 1.56 bits per heavy atom. The van der Waals surface area contributed by atoms with Crippen LogP contribution in [0, 0.1) is 5.92 Å². The lowest BCUT2D eigenvalue weighted by Gasteiger charge is -2.29. The molecule has 0 saturated heterocycles. The van der Waals surface area contributed by atoms with E-state index in [0.29, 0.717) is 12.8 Å². The number of carbonyl (C=O) groups excluding carboxylic acids is 2. The molecule has 0 aliphatic heterocycles. The Balaban J connectivity index is 1.55. The summed E-state index contributed by atoms with van der Waals surface area (Å²) in [7, 11) is 0. The molecule has 0 bridgehead atoms. The highest BCUT2D eigenvalue weighted by Crippen LogP contribution is 2.32. The normalized spacial score (nSPS) is 18.6. The molecular formula is C33H40N2O6. The van der Waals surface area contributed by atoms with Crippen LogP contribution >= 0.6 is 0 Å². The van der Waals surface area contributed by atoms with Gasteiger partial charge in [-0.25, -0.2) is 4.79 Å². The Morgan fingerprint density at radius 1 is 0.927 bits per heavy atom. The molecule has 8 heteroatoms. The van der Waals surface area contributed by atoms with Crippen LogP contribution in [0.3, 0.4) is 0 Å². The largest absolute Gasteiger partial charge is 0.508 e. The summed E-state index contributed by atoms with van der Waals surface area (Å²) in [4.78, 5) is 26.5. The van der Waals surface area contributed by atoms with E-state index < -0.39 is 41.9 Å². The van der Waals surface area contributed by atoms with Gasteiger partial charge in [0.15, 0.2) is 0 Å². The second-order valence-corrected chi connectivity index (χ2v) is 11.8. The Morgan fingerprint density at radius 3 is 2.24 bits per heavy atom. The number of phenols is 1. The number of alkyl carbamates (subject to hydrolysis) is 1. The van der Waals surface area contributed by atoms with E-state index in [1.807, 2.05) is 54.6 Å². The second kappa shape index (κ2) is 13.2. The van der Waals surface area contributed by atoms with Gasteiger partial charge in [-0.1, -0.05) is 66.7 Å². The molecule has 5 N–H and O–H groups in total. The van der Waals surface area contributed by atoms with Crippen molar-refractivity contribution < 1.29 is 29.6 Å². The third kappa shape index (κ3) is 8.55. The van der Waals surface area contributed by atoms with E-state index in [1.165, 1.54) is 0 Å². The monoisotopic (exact) mass is 560 g/mol. The third-order valence-corrected chi connectivity index (χ3v) is 7.28. The summed E-state index contributed by atoms with van der Waals surface area (Å²) in [6.45, 7) is 5.27. The molecule has 5 atom stereocenters. The molecule has 8 nitrogen and oxygen atoms in total. The van der Waals surface area contributed by atoms with Crippen LogP contribution < -0.4 is 10.6 Å². The van der Waals surface area contributed by atoms with Gasteiger partial charge in [0, 0.05) is 12.3 Å². The molecule has 0 saturated carbocycles. The lowest BCUT2D eigenvalue weighted by Crippen LogP contribution is -2.48. The molecule has 41 heavy (non-hydrogen) atoms. The lowest BCUT2D eigenvalue weighted by atomic mass is 9.88. The van der Waals surface area contributed by atoms with E-state index in [1.54, 1.807) is 45.0 Å². The summed E-state index contributed by atoms with van der Waals surface area (Å²) in [6.07, 6.45) is -1.37. The number of amides is 2. The van der Waals surface area contributed by atoms with Crippen LogP contribution in [0.2, 0.25) is 0 Å². The quantitative estimate of drug-likeness (QED) is 0.253. The Kier molecular flexibility index (Phi) is 9.68. The Hall–Kier alpha value is -3.88. The van der Waals surface area contributed by atoms with Gasteiger partial charge >= 0.3 is 6.09 Å². The fourth-order valence-corrected chi connectivity index (χ4v) is 5.28. The number of hydrogen-bond donors (Lipinski definition) is 5. The number of rotatable bonds is 10. The zero-order chi connectivity index (χ0) is 29.6. The predicted octanol–water partition coefficient (Wildman–Crippen LogP) is 4.21. The Bertz CT molecular complexity index is 1310. The topological polar surface area (TPSA) is 128 Å². The number of phenolic OH excluding ortho intramolecular Hbond substituents is 1. The summed E-state index contributed by atoms with van der Waals surface area (Å²) in [5.41, 5.74) is 2.89. The molecule has 0 radical (unpaired) electrons. The van der Waals surface area contributed by atoms with Crippen molar-refractivity contribution in [1.29, 1.82) is 0 Å². The van der Waals surface area contributed by atoms with Gasteiger partial charge in [0.25, 0.3) is 0 Å². The minimum Gasteiger partial charge on any atom is -0.508 e. The summed E-state index contributed by atoms with van der Waals surface area (Å²) < 4.78 is 5.45. The molecule has 218 valence electrons. The van der Waals surface area contributed by atoms with Gasteiger partial charge in [0.05, 0.1) is 24.3 Å². The van der Waals surface area contributed by atoms with E-state index in [2.05, 4.69) is 10.6 Å². The van der Waals surface area contributed by atoms with Crippen LogP contribution in [0.5, 0.6) is 5.75 Å². The smallest absolute Gasteiger partial charge is 0.407 e. The van der Waals surface area contributed by atoms with Crippen molar-refractivity contribution in [3.63, 3.8) is 0 Å². The maximum atomic E-state index is 13.7. The number of nitrogens with one attached hydrogen (secondary N) is 2. The molecule has 1 unspecified atom stereocenters. The maximum absolute atomic E-state index is 13.7. The zero-order valence-corrected chi connectivity index (χ0v) is 23.8. The molecule has 3 aromatic rings. The van der Waals surface area contributed by atoms with Gasteiger partial charge in [-0.2, -0.15) is 0 Å². The number of hydrogen-bond acceptors (Lipinski definition) is 6. The summed E-state index contributed by atoms with van der Waals surface area (Å²) in [5.74, 6) is -0.814. The third-order valence-electron chi connectivity index (χ3n) is 7.28. The Labute approximate surface area is 241 Å². The lowest BCUT2D eigenvalue weighted by molar-refractivity contribution is -0.127. The van der Waals surface area contributed by atoms with E-state index in [-0.39, 0.29) is 24.5 Å². The predicted molar refractivity (Wildman–Crippen MR) is 156 cm³/mol. The molecule has 0 fully saturated rings. The van der Waals surface area contributed by atoms with Crippen molar-refractivity contribution in [2.75, 3.05) is 0 Å². The van der Waals surface area contributed by atoms with E-state index in [9.17, 15) is 24.9 Å². The molecule has 1 aliphatic rings. The van der Waals surface area contributed by atoms with Crippen LogP contribution in [0.15, 0.2) is 78.9 Å². The summed E-state index contributed by atoms with van der Waals surface area (Å²) >= 11 is 0. The maximum Gasteiger partial charge on any atom is 0.407 e. The average Bonchev–Trinajstić information content (AvgIpc) is 3.23. The molecule has 0 aromatic heterocycles. The number of ether oxygens (including phenoxy) is 1. The number of benzene rings is 3. The van der Waals surface area contributed by atoms with Crippen molar-refractivity contribution >= 4 is 12.0 Å². The minimum absolute atomic E-state index is 0.0593. The highest BCUT2D eigenvalue weighted by molar-refractivity contribution is 5.80. The standard InChI is InChI=1S/C33H40N2O6/c1-33(2,3)41-32(40)34-27(18-22-13-15-25(36)16-14-22)28(37)20-24(17-21-9-5-4-6-10-21)31(39)35-30-26-12-8-7-11-23(26)19-29(30)38/h4-16,24,27-30,36-38H,17-20H2,1-3H3,(H,34,40)(H,35,39)/t24-,27+,28+,29-,30?/m1/s1. The number of fused-ring (bicyclic) bond motifs is 1. The van der Waals surface area contributed by atoms with Crippen molar-refractivity contribution in [2.45, 2.75) is 76.3 Å². The summed E-state index contributed by atoms with van der Waals surface area (Å²) in [6, 6.07) is 22.4. The van der Waals surface area contributed by atoms with Gasteiger partial charge in [-0.05, 0) is 74.4 Å². The van der Waals surface area contributed by atoms with Crippen LogP contribution in [0.4, 0.5) is 4.79 Å². The van der Waals surface area contributed by atoms with E-state index in [4.69, 9.17) is 4.74 Å². The highest BCUT2D eigenvalue weighted by Gasteiger charge is 2.35. The number of aliphatic hydroxyl groups excluding tert-OH is 2. The molecule has 3 aromatic carbocycles. The van der Waals surface area contributed by atoms with Crippen molar-refractivity contribution in [3.8, 4) is 5.75 Å². The van der Waals surface area contributed by atoms with Crippen LogP contribution in [0.1, 0.15) is 55.5 Å². The van der Waals surface area contributed by atoms with Crippen LogP contribution in [-0.2, 0) is 28.8 Å². The first-order chi connectivity index (χ1) is 19.5. The SMILES string of the molecule is CC(C)(C)OC(=O)N[C@@H](Cc1ccc(O)cc1)[C@@H](O)C[C@@H](Cc1ccccc1)C(=O)NC1c2ccccc2C[C@H]1O. The van der Waals surface area contributed by atoms with Crippen molar-refractivity contribution in [3.05, 3.63) is 101 Å². The first-order valence-corrected chi connectivity index (χ1v) is 14.0. The van der Waals surface area contributed by atoms with Gasteiger partial charge in [-0.3, -0.25) is 4.79 Å².